The van der Waals surface area contributed by atoms with Gasteiger partial charge in [0.15, 0.2) is 0 Å². The Morgan fingerprint density at radius 2 is 1.11 bits per heavy atom. The Morgan fingerprint density at radius 1 is 0.789 bits per heavy atom. The maximum Gasteiger partial charge on any atom is 0.466 e. The second kappa shape index (κ2) is 18.1. The minimum absolute atomic E-state index is 0. The monoisotopic (exact) mass is 294 g/mol. The average Bonchev–Trinajstić information content (AvgIpc) is 2.25. The molecule has 5 nitrogen and oxygen atoms in total. The Morgan fingerprint density at radius 3 is 1.37 bits per heavy atom. The molecule has 0 rings (SSSR count). The van der Waals surface area contributed by atoms with Crippen LogP contribution in [-0.4, -0.2) is 36.2 Å². The largest absolute Gasteiger partial charge is 0.466 e. The minimum atomic E-state index is -4.64. The van der Waals surface area contributed by atoms with Crippen molar-refractivity contribution < 1.29 is 19.2 Å². The van der Waals surface area contributed by atoms with Crippen LogP contribution in [0.15, 0.2) is 0 Å². The Hall–Kier alpha value is 0.135. The summed E-state index contributed by atoms with van der Waals surface area (Å²) in [6.07, 6.45) is 11.0. The lowest BCUT2D eigenvalue weighted by molar-refractivity contribution is 0.275. The van der Waals surface area contributed by atoms with Gasteiger partial charge >= 0.3 is 7.82 Å². The fraction of sp³-hybridized carbons (Fsp3) is 1.00. The van der Waals surface area contributed by atoms with Crippen LogP contribution in [0.4, 0.5) is 0 Å². The third-order valence-electron chi connectivity index (χ3n) is 2.41. The van der Waals surface area contributed by atoms with E-state index in [9.17, 15) is 0 Å². The van der Waals surface area contributed by atoms with Crippen molar-refractivity contribution in [2.24, 2.45) is 0 Å². The molecule has 0 aromatic heterocycles. The molecule has 0 unspecified atom stereocenters. The summed E-state index contributed by atoms with van der Waals surface area (Å²) in [5.41, 5.74) is 0. The lowest BCUT2D eigenvalue weighted by Gasteiger charge is -2.03. The second-order valence-electron chi connectivity index (χ2n) is 4.38. The van der Waals surface area contributed by atoms with Crippen LogP contribution >= 0.6 is 7.82 Å². The van der Waals surface area contributed by atoms with Gasteiger partial charge in [-0.2, -0.15) is 0 Å². The van der Waals surface area contributed by atoms with Crippen LogP contribution in [0.3, 0.4) is 0 Å². The van der Waals surface area contributed by atoms with Crippen molar-refractivity contribution in [1.29, 1.82) is 0 Å². The Kier molecular flexibility index (Phi) is 23.1. The van der Waals surface area contributed by atoms with Crippen molar-refractivity contribution in [3.05, 3.63) is 0 Å². The molecule has 0 fully saturated rings. The van der Waals surface area contributed by atoms with E-state index in [2.05, 4.69) is 19.2 Å². The minimum Gasteiger partial charge on any atom is -0.317 e. The molecule has 0 spiro atoms. The summed E-state index contributed by atoms with van der Waals surface area (Å²) in [5.74, 6) is 0. The number of hydrogen-bond acceptors (Lipinski definition) is 2. The van der Waals surface area contributed by atoms with Gasteiger partial charge in [-0.3, -0.25) is 0 Å². The molecule has 0 aliphatic carbocycles. The first-order chi connectivity index (χ1) is 8.41. The highest BCUT2D eigenvalue weighted by Gasteiger charge is 2.00. The first kappa shape index (κ1) is 24.2. The number of rotatable bonds is 10. The number of unbranched alkanes of at least 4 members (excludes halogenated alkanes) is 6. The molecule has 3 radical (unpaired) electrons. The highest BCUT2D eigenvalue weighted by molar-refractivity contribution is 7.45. The molecule has 0 saturated heterocycles. The van der Waals surface area contributed by atoms with Gasteiger partial charge in [0.25, 0.3) is 0 Å². The van der Waals surface area contributed by atoms with E-state index in [-0.39, 0.29) is 8.41 Å². The van der Waals surface area contributed by atoms with E-state index in [4.69, 9.17) is 19.2 Å². The predicted octanol–water partition coefficient (Wildman–Crippen LogP) is 2.43. The van der Waals surface area contributed by atoms with Gasteiger partial charge in [-0.25, -0.2) is 4.57 Å². The molecule has 7 heteroatoms. The fourth-order valence-electron chi connectivity index (χ4n) is 1.48. The quantitative estimate of drug-likeness (QED) is 0.282. The van der Waals surface area contributed by atoms with Crippen LogP contribution in [-0.2, 0) is 4.57 Å². The first-order valence-corrected chi connectivity index (χ1v) is 8.47. The van der Waals surface area contributed by atoms with Crippen LogP contribution in [0, 0.1) is 0 Å². The summed E-state index contributed by atoms with van der Waals surface area (Å²) in [4.78, 5) is 21.6. The van der Waals surface area contributed by atoms with Crippen LogP contribution in [0.5, 0.6) is 0 Å². The molecule has 0 atom stereocenters. The smallest absolute Gasteiger partial charge is 0.317 e. The molecule has 4 N–H and O–H groups in total. The summed E-state index contributed by atoms with van der Waals surface area (Å²) in [6.45, 7) is 6.98. The third kappa shape index (κ3) is 46.0. The fourth-order valence-corrected chi connectivity index (χ4v) is 1.48. The Balaban J connectivity index is -0.000000366. The van der Waals surface area contributed by atoms with Gasteiger partial charge < -0.3 is 20.0 Å². The standard InChI is InChI=1S/C12H27N.B.H3O4P/c1-3-5-7-9-11-13-12-10-8-6-4-2;;1-5(2,3)4/h13H,3-12H2,1-2H3;;(H3,1,2,3,4). The molecule has 19 heavy (non-hydrogen) atoms. The average molecular weight is 294 g/mol. The van der Waals surface area contributed by atoms with E-state index in [1.54, 1.807) is 0 Å². The van der Waals surface area contributed by atoms with Crippen LogP contribution in [0.1, 0.15) is 65.2 Å². The number of hydrogen-bond donors (Lipinski definition) is 4. The van der Waals surface area contributed by atoms with E-state index >= 15 is 0 Å². The van der Waals surface area contributed by atoms with E-state index in [0.717, 1.165) is 0 Å². The van der Waals surface area contributed by atoms with Crippen molar-refractivity contribution in [2.75, 3.05) is 13.1 Å². The number of phosphoric acid groups is 1. The summed E-state index contributed by atoms with van der Waals surface area (Å²) in [5, 5.41) is 3.50. The molecule has 0 aromatic carbocycles. The first-order valence-electron chi connectivity index (χ1n) is 6.90. The summed E-state index contributed by atoms with van der Waals surface area (Å²) in [6, 6.07) is 0. The highest BCUT2D eigenvalue weighted by atomic mass is 31.2. The molecule has 115 valence electrons. The summed E-state index contributed by atoms with van der Waals surface area (Å²) < 4.78 is 8.88. The van der Waals surface area contributed by atoms with E-state index in [1.165, 1.54) is 64.5 Å². The number of nitrogens with one attached hydrogen (secondary N) is 1. The Labute approximate surface area is 120 Å². The van der Waals surface area contributed by atoms with E-state index < -0.39 is 7.82 Å². The van der Waals surface area contributed by atoms with Gasteiger partial charge in [-0.1, -0.05) is 52.4 Å². The zero-order chi connectivity index (χ0) is 14.3. The van der Waals surface area contributed by atoms with Gasteiger partial charge in [-0.15, -0.1) is 0 Å². The molecule has 0 aromatic rings. The lowest BCUT2D eigenvalue weighted by Crippen LogP contribution is -2.16. The predicted molar refractivity (Wildman–Crippen MR) is 81.2 cm³/mol. The zero-order valence-electron chi connectivity index (χ0n) is 12.3. The van der Waals surface area contributed by atoms with Crippen molar-refractivity contribution in [1.82, 2.24) is 5.32 Å². The van der Waals surface area contributed by atoms with Crippen molar-refractivity contribution >= 4 is 16.2 Å². The molecular weight excluding hydrogens is 264 g/mol. The summed E-state index contributed by atoms with van der Waals surface area (Å²) in [7, 11) is -4.64. The van der Waals surface area contributed by atoms with Crippen LogP contribution < -0.4 is 5.32 Å². The van der Waals surface area contributed by atoms with Gasteiger partial charge in [0.05, 0.1) is 0 Å². The van der Waals surface area contributed by atoms with Crippen LogP contribution in [0.25, 0.3) is 0 Å². The molecule has 0 aliphatic rings. The maximum atomic E-state index is 8.88. The van der Waals surface area contributed by atoms with Crippen molar-refractivity contribution in [3.8, 4) is 0 Å². The molecule has 0 heterocycles. The van der Waals surface area contributed by atoms with Gasteiger partial charge in [0, 0.05) is 8.41 Å². The second-order valence-corrected chi connectivity index (χ2v) is 5.41. The maximum absolute atomic E-state index is 8.88. The molecular formula is C12H30BNO4P. The normalized spacial score (nSPS) is 10.4. The SMILES string of the molecule is CCCCCCNCCCCCC.O=P(O)(O)O.[B]. The van der Waals surface area contributed by atoms with Crippen LogP contribution in [0.2, 0.25) is 0 Å². The van der Waals surface area contributed by atoms with Crippen molar-refractivity contribution in [3.63, 3.8) is 0 Å². The zero-order valence-corrected chi connectivity index (χ0v) is 13.2. The Bertz CT molecular complexity index is 184. The van der Waals surface area contributed by atoms with Gasteiger partial charge in [0.1, 0.15) is 0 Å². The van der Waals surface area contributed by atoms with Gasteiger partial charge in [-0.05, 0) is 25.9 Å². The topological polar surface area (TPSA) is 89.8 Å². The highest BCUT2D eigenvalue weighted by Crippen LogP contribution is 2.25. The van der Waals surface area contributed by atoms with E-state index in [1.807, 2.05) is 0 Å². The molecule has 0 bridgehead atoms. The third-order valence-corrected chi connectivity index (χ3v) is 2.41. The molecule has 0 saturated carbocycles. The summed E-state index contributed by atoms with van der Waals surface area (Å²) >= 11 is 0. The van der Waals surface area contributed by atoms with Crippen molar-refractivity contribution in [2.45, 2.75) is 65.2 Å². The molecule has 0 aliphatic heterocycles. The van der Waals surface area contributed by atoms with E-state index in [0.29, 0.717) is 0 Å². The lowest BCUT2D eigenvalue weighted by atomic mass is 10.2. The van der Waals surface area contributed by atoms with Gasteiger partial charge in [0.2, 0.25) is 0 Å². The molecule has 0 amide bonds.